The summed E-state index contributed by atoms with van der Waals surface area (Å²) in [5.74, 6) is -0.417. The number of ether oxygens (including phenoxy) is 1. The molecule has 1 rings (SSSR count). The molecule has 0 saturated carbocycles. The highest BCUT2D eigenvalue weighted by Gasteiger charge is 2.06. The standard InChI is InChI=1S/C11H13N3O4/c1-7(14-17)11(16)13-12-6-8-4-3-5-9(18-2)10(8)15/h3-6,15,17H,1-2H3,(H,13,16)/b12-6+,14-7+. The molecule has 18 heavy (non-hydrogen) atoms. The number of hydrazone groups is 1. The average Bonchev–Trinajstić information content (AvgIpc) is 2.39. The lowest BCUT2D eigenvalue weighted by atomic mass is 10.2. The van der Waals surface area contributed by atoms with Gasteiger partial charge in [-0.1, -0.05) is 11.2 Å². The Bertz CT molecular complexity index is 497. The third-order valence-corrected chi connectivity index (χ3v) is 2.10. The van der Waals surface area contributed by atoms with Crippen molar-refractivity contribution >= 4 is 17.8 Å². The first-order chi connectivity index (χ1) is 8.60. The number of benzene rings is 1. The van der Waals surface area contributed by atoms with Gasteiger partial charge < -0.3 is 15.1 Å². The summed E-state index contributed by atoms with van der Waals surface area (Å²) in [5.41, 5.74) is 2.39. The first-order valence-corrected chi connectivity index (χ1v) is 4.98. The van der Waals surface area contributed by atoms with Gasteiger partial charge in [0.2, 0.25) is 0 Å². The molecule has 0 bridgehead atoms. The highest BCUT2D eigenvalue weighted by atomic mass is 16.5. The zero-order valence-corrected chi connectivity index (χ0v) is 9.91. The topological polar surface area (TPSA) is 104 Å². The molecule has 0 fully saturated rings. The van der Waals surface area contributed by atoms with Crippen LogP contribution in [0.5, 0.6) is 11.5 Å². The summed E-state index contributed by atoms with van der Waals surface area (Å²) >= 11 is 0. The van der Waals surface area contributed by atoms with Crippen molar-refractivity contribution in [2.24, 2.45) is 10.3 Å². The van der Waals surface area contributed by atoms with Crippen LogP contribution in [-0.2, 0) is 4.79 Å². The molecule has 1 amide bonds. The highest BCUT2D eigenvalue weighted by molar-refractivity contribution is 6.37. The molecule has 0 spiro atoms. The quantitative estimate of drug-likeness (QED) is 0.416. The Kier molecular flexibility index (Phi) is 4.67. The van der Waals surface area contributed by atoms with E-state index in [9.17, 15) is 9.90 Å². The number of rotatable bonds is 4. The molecule has 0 heterocycles. The van der Waals surface area contributed by atoms with Gasteiger partial charge in [-0.25, -0.2) is 5.43 Å². The summed E-state index contributed by atoms with van der Waals surface area (Å²) in [6.07, 6.45) is 1.25. The zero-order chi connectivity index (χ0) is 13.5. The summed E-state index contributed by atoms with van der Waals surface area (Å²) in [4.78, 5) is 11.2. The molecular formula is C11H13N3O4. The van der Waals surface area contributed by atoms with Crippen molar-refractivity contribution in [3.63, 3.8) is 0 Å². The maximum atomic E-state index is 11.2. The summed E-state index contributed by atoms with van der Waals surface area (Å²) in [5, 5.41) is 24.4. The van der Waals surface area contributed by atoms with Crippen LogP contribution in [0.2, 0.25) is 0 Å². The minimum atomic E-state index is -0.642. The molecular weight excluding hydrogens is 238 g/mol. The second-order valence-corrected chi connectivity index (χ2v) is 3.28. The lowest BCUT2D eigenvalue weighted by Gasteiger charge is -2.04. The number of carbonyl (C=O) groups is 1. The summed E-state index contributed by atoms with van der Waals surface area (Å²) in [6, 6.07) is 4.86. The van der Waals surface area contributed by atoms with E-state index in [4.69, 9.17) is 9.94 Å². The molecule has 0 atom stereocenters. The van der Waals surface area contributed by atoms with E-state index in [0.717, 1.165) is 0 Å². The first kappa shape index (κ1) is 13.5. The fourth-order valence-electron chi connectivity index (χ4n) is 1.09. The van der Waals surface area contributed by atoms with Gasteiger partial charge in [0.05, 0.1) is 13.3 Å². The Balaban J connectivity index is 2.77. The molecule has 0 radical (unpaired) electrons. The van der Waals surface area contributed by atoms with Crippen LogP contribution in [0.15, 0.2) is 28.5 Å². The van der Waals surface area contributed by atoms with E-state index in [-0.39, 0.29) is 11.5 Å². The predicted octanol–water partition coefficient (Wildman–Crippen LogP) is 0.701. The van der Waals surface area contributed by atoms with Crippen LogP contribution in [0.3, 0.4) is 0 Å². The SMILES string of the molecule is COc1cccc(/C=N/NC(=O)/C(C)=N/O)c1O. The average molecular weight is 251 g/mol. The number of hydrogen-bond donors (Lipinski definition) is 3. The third kappa shape index (κ3) is 3.21. The predicted molar refractivity (Wildman–Crippen MR) is 65.3 cm³/mol. The summed E-state index contributed by atoms with van der Waals surface area (Å²) < 4.78 is 4.92. The van der Waals surface area contributed by atoms with Crippen molar-refractivity contribution < 1.29 is 19.8 Å². The minimum absolute atomic E-state index is 0.0782. The molecule has 0 aromatic heterocycles. The van der Waals surface area contributed by atoms with E-state index >= 15 is 0 Å². The number of nitrogens with one attached hydrogen (secondary N) is 1. The Labute approximate surface area is 103 Å². The van der Waals surface area contributed by atoms with E-state index in [1.807, 2.05) is 0 Å². The second kappa shape index (κ2) is 6.24. The number of nitrogens with zero attached hydrogens (tertiary/aromatic N) is 2. The van der Waals surface area contributed by atoms with Crippen LogP contribution >= 0.6 is 0 Å². The molecule has 0 aliphatic heterocycles. The smallest absolute Gasteiger partial charge is 0.288 e. The number of oxime groups is 1. The van der Waals surface area contributed by atoms with Gasteiger partial charge in [0, 0.05) is 5.56 Å². The fraction of sp³-hybridized carbons (Fsp3) is 0.182. The van der Waals surface area contributed by atoms with Crippen molar-refractivity contribution in [3.05, 3.63) is 23.8 Å². The minimum Gasteiger partial charge on any atom is -0.504 e. The van der Waals surface area contributed by atoms with Crippen molar-refractivity contribution in [3.8, 4) is 11.5 Å². The van der Waals surface area contributed by atoms with Gasteiger partial charge in [0.1, 0.15) is 5.71 Å². The van der Waals surface area contributed by atoms with Crippen LogP contribution in [-0.4, -0.2) is 35.3 Å². The highest BCUT2D eigenvalue weighted by Crippen LogP contribution is 2.27. The van der Waals surface area contributed by atoms with Crippen LogP contribution in [0, 0.1) is 0 Å². The van der Waals surface area contributed by atoms with E-state index in [2.05, 4.69) is 15.7 Å². The van der Waals surface area contributed by atoms with Crippen molar-refractivity contribution in [2.75, 3.05) is 7.11 Å². The van der Waals surface area contributed by atoms with Gasteiger partial charge >= 0.3 is 0 Å². The molecule has 96 valence electrons. The van der Waals surface area contributed by atoms with Gasteiger partial charge in [-0.05, 0) is 19.1 Å². The number of methoxy groups -OCH3 is 1. The zero-order valence-electron chi connectivity index (χ0n) is 9.91. The Hall–Kier alpha value is -2.57. The summed E-state index contributed by atoms with van der Waals surface area (Å²) in [6.45, 7) is 1.33. The van der Waals surface area contributed by atoms with Gasteiger partial charge in [-0.3, -0.25) is 4.79 Å². The molecule has 3 N–H and O–H groups in total. The molecule has 0 unspecified atom stereocenters. The maximum absolute atomic E-state index is 11.2. The number of para-hydroxylation sites is 1. The number of phenolic OH excluding ortho intramolecular Hbond substituents is 1. The first-order valence-electron chi connectivity index (χ1n) is 4.98. The molecule has 1 aromatic rings. The van der Waals surface area contributed by atoms with Crippen LogP contribution in [0.4, 0.5) is 0 Å². The lowest BCUT2D eigenvalue weighted by Crippen LogP contribution is -2.24. The largest absolute Gasteiger partial charge is 0.504 e. The molecule has 0 aliphatic carbocycles. The molecule has 0 saturated heterocycles. The van der Waals surface area contributed by atoms with E-state index < -0.39 is 5.91 Å². The Morgan fingerprint density at radius 3 is 2.83 bits per heavy atom. The fourth-order valence-corrected chi connectivity index (χ4v) is 1.09. The normalized spacial score (nSPS) is 11.6. The van der Waals surface area contributed by atoms with Crippen molar-refractivity contribution in [1.29, 1.82) is 0 Å². The van der Waals surface area contributed by atoms with Crippen molar-refractivity contribution in [1.82, 2.24) is 5.43 Å². The molecule has 7 heteroatoms. The second-order valence-electron chi connectivity index (χ2n) is 3.28. The monoisotopic (exact) mass is 251 g/mol. The van der Waals surface area contributed by atoms with E-state index in [0.29, 0.717) is 11.3 Å². The van der Waals surface area contributed by atoms with Crippen LogP contribution < -0.4 is 10.2 Å². The van der Waals surface area contributed by atoms with Gasteiger partial charge in [0.25, 0.3) is 5.91 Å². The molecule has 7 nitrogen and oxygen atoms in total. The molecule has 0 aliphatic rings. The lowest BCUT2D eigenvalue weighted by molar-refractivity contribution is -0.114. The van der Waals surface area contributed by atoms with Crippen LogP contribution in [0.1, 0.15) is 12.5 Å². The Morgan fingerprint density at radius 2 is 2.22 bits per heavy atom. The summed E-state index contributed by atoms with van der Waals surface area (Å²) in [7, 11) is 1.43. The number of phenols is 1. The van der Waals surface area contributed by atoms with Crippen LogP contribution in [0.25, 0.3) is 0 Å². The number of amides is 1. The number of carbonyl (C=O) groups excluding carboxylic acids is 1. The van der Waals surface area contributed by atoms with E-state index in [1.54, 1.807) is 18.2 Å². The number of aromatic hydroxyl groups is 1. The van der Waals surface area contributed by atoms with E-state index in [1.165, 1.54) is 20.2 Å². The van der Waals surface area contributed by atoms with Gasteiger partial charge in [-0.2, -0.15) is 5.10 Å². The van der Waals surface area contributed by atoms with Crippen molar-refractivity contribution in [2.45, 2.75) is 6.92 Å². The number of hydrogen-bond acceptors (Lipinski definition) is 6. The van der Waals surface area contributed by atoms with Gasteiger partial charge in [-0.15, -0.1) is 0 Å². The molecule has 1 aromatic carbocycles. The Morgan fingerprint density at radius 1 is 1.50 bits per heavy atom. The third-order valence-electron chi connectivity index (χ3n) is 2.10. The maximum Gasteiger partial charge on any atom is 0.288 e. The van der Waals surface area contributed by atoms with Gasteiger partial charge in [0.15, 0.2) is 11.5 Å².